The molecule has 0 unspecified atom stereocenters. The number of benzene rings is 4. The summed E-state index contributed by atoms with van der Waals surface area (Å²) in [6.07, 6.45) is 0. The van der Waals surface area contributed by atoms with Gasteiger partial charge in [-0.25, -0.2) is 0 Å². The Balaban J connectivity index is 0.000000146. The molecule has 25 heavy (non-hydrogen) atoms. The summed E-state index contributed by atoms with van der Waals surface area (Å²) in [5, 5.41) is 5.07. The molecule has 0 bridgehead atoms. The van der Waals surface area contributed by atoms with Crippen molar-refractivity contribution in [3.63, 3.8) is 0 Å². The summed E-state index contributed by atoms with van der Waals surface area (Å²) in [7, 11) is 1.69. The Kier molecular flexibility index (Phi) is 5.40. The molecule has 126 valence electrons. The van der Waals surface area contributed by atoms with E-state index >= 15 is 0 Å². The molecule has 0 aliphatic heterocycles. The molecule has 0 N–H and O–H groups in total. The molecule has 4 rings (SSSR count). The minimum atomic E-state index is 0.913. The van der Waals surface area contributed by atoms with Crippen molar-refractivity contribution in [1.29, 1.82) is 0 Å². The van der Waals surface area contributed by atoms with Crippen molar-refractivity contribution < 1.29 is 4.74 Å². The van der Waals surface area contributed by atoms with Gasteiger partial charge in [0.15, 0.2) is 0 Å². The maximum atomic E-state index is 5.15. The number of halogens is 1. The first-order valence-corrected chi connectivity index (χ1v) is 9.06. The second kappa shape index (κ2) is 7.71. The molecule has 4 aromatic carbocycles. The van der Waals surface area contributed by atoms with E-state index in [2.05, 4.69) is 96.5 Å². The Labute approximate surface area is 157 Å². The van der Waals surface area contributed by atoms with E-state index in [-0.39, 0.29) is 0 Å². The van der Waals surface area contributed by atoms with E-state index in [1.807, 2.05) is 6.07 Å². The minimum Gasteiger partial charge on any atom is -0.497 e. The number of rotatable bonds is 1. The van der Waals surface area contributed by atoms with Crippen LogP contribution < -0.4 is 4.74 Å². The van der Waals surface area contributed by atoms with Crippen molar-refractivity contribution in [3.8, 4) is 5.75 Å². The lowest BCUT2D eigenvalue weighted by Crippen LogP contribution is -1.82. The molecule has 0 atom stereocenters. The van der Waals surface area contributed by atoms with E-state index < -0.39 is 0 Å². The van der Waals surface area contributed by atoms with Crippen molar-refractivity contribution in [2.24, 2.45) is 0 Å². The second-order valence-electron chi connectivity index (χ2n) is 6.13. The third kappa shape index (κ3) is 4.02. The van der Waals surface area contributed by atoms with Crippen LogP contribution in [0, 0.1) is 13.8 Å². The van der Waals surface area contributed by atoms with Crippen LogP contribution in [0.3, 0.4) is 0 Å². The van der Waals surface area contributed by atoms with Gasteiger partial charge in [0.05, 0.1) is 7.11 Å². The summed E-state index contributed by atoms with van der Waals surface area (Å²) in [6.45, 7) is 4.21. The zero-order chi connectivity index (χ0) is 17.8. The van der Waals surface area contributed by atoms with E-state index in [1.165, 1.54) is 37.1 Å². The lowest BCUT2D eigenvalue weighted by molar-refractivity contribution is 0.415. The summed E-state index contributed by atoms with van der Waals surface area (Å²) in [4.78, 5) is 0. The number of aryl methyl sites for hydroxylation is 2. The fraction of sp³-hybridized carbons (Fsp3) is 0.130. The largest absolute Gasteiger partial charge is 0.497 e. The van der Waals surface area contributed by atoms with E-state index in [0.29, 0.717) is 0 Å². The maximum Gasteiger partial charge on any atom is 0.119 e. The fourth-order valence-corrected chi connectivity index (χ4v) is 3.31. The predicted molar refractivity (Wildman–Crippen MR) is 112 cm³/mol. The highest BCUT2D eigenvalue weighted by atomic mass is 79.9. The van der Waals surface area contributed by atoms with Gasteiger partial charge in [0.25, 0.3) is 0 Å². The molecule has 0 amide bonds. The van der Waals surface area contributed by atoms with Crippen LogP contribution in [0.2, 0.25) is 0 Å². The van der Waals surface area contributed by atoms with Crippen molar-refractivity contribution in [1.82, 2.24) is 0 Å². The molecule has 0 aliphatic rings. The molecule has 0 aliphatic carbocycles. The molecule has 0 saturated carbocycles. The Morgan fingerprint density at radius 2 is 1.40 bits per heavy atom. The Hall–Kier alpha value is -2.32. The average molecular weight is 393 g/mol. The first-order chi connectivity index (χ1) is 12.1. The van der Waals surface area contributed by atoms with Crippen LogP contribution in [0.25, 0.3) is 21.5 Å². The summed E-state index contributed by atoms with van der Waals surface area (Å²) >= 11 is 3.58. The molecule has 0 spiro atoms. The van der Waals surface area contributed by atoms with Gasteiger partial charge >= 0.3 is 0 Å². The molecule has 0 aromatic heterocycles. The van der Waals surface area contributed by atoms with Gasteiger partial charge in [0.2, 0.25) is 0 Å². The topological polar surface area (TPSA) is 9.23 Å². The number of ether oxygens (including phenoxy) is 1. The minimum absolute atomic E-state index is 0.913. The monoisotopic (exact) mass is 392 g/mol. The third-order valence-electron chi connectivity index (χ3n) is 4.26. The average Bonchev–Trinajstić information content (AvgIpc) is 2.65. The van der Waals surface area contributed by atoms with Gasteiger partial charge in [-0.05, 0) is 69.0 Å². The first kappa shape index (κ1) is 17.5. The summed E-state index contributed by atoms with van der Waals surface area (Å²) in [6, 6.07) is 25.2. The standard InChI is InChI=1S/C12H12O.C11H9Br/c1-9-3-4-11-8-12(13-2)6-5-10(11)7-9;1-8-6-7-9-4-2-3-5-10(9)11(8)12/h3-8H,1-2H3;2-7H,1H3. The highest BCUT2D eigenvalue weighted by Crippen LogP contribution is 2.26. The van der Waals surface area contributed by atoms with Crippen LogP contribution in [-0.4, -0.2) is 7.11 Å². The lowest BCUT2D eigenvalue weighted by Gasteiger charge is -2.02. The zero-order valence-electron chi connectivity index (χ0n) is 14.7. The van der Waals surface area contributed by atoms with Crippen LogP contribution in [0.4, 0.5) is 0 Å². The molecule has 0 fully saturated rings. The van der Waals surface area contributed by atoms with Gasteiger partial charge in [-0.2, -0.15) is 0 Å². The molecule has 2 heteroatoms. The summed E-state index contributed by atoms with van der Waals surface area (Å²) in [5.41, 5.74) is 2.58. The normalized spacial score (nSPS) is 10.4. The van der Waals surface area contributed by atoms with Crippen molar-refractivity contribution in [2.45, 2.75) is 13.8 Å². The van der Waals surface area contributed by atoms with Crippen LogP contribution in [0.1, 0.15) is 11.1 Å². The summed E-state index contributed by atoms with van der Waals surface area (Å²) in [5.74, 6) is 0.913. The Morgan fingerprint density at radius 3 is 2.20 bits per heavy atom. The van der Waals surface area contributed by atoms with Crippen LogP contribution in [0.15, 0.2) is 77.3 Å². The maximum absolute atomic E-state index is 5.15. The molecule has 0 radical (unpaired) electrons. The summed E-state index contributed by atoms with van der Waals surface area (Å²) < 4.78 is 6.36. The third-order valence-corrected chi connectivity index (χ3v) is 5.31. The molecular weight excluding hydrogens is 372 g/mol. The van der Waals surface area contributed by atoms with Crippen LogP contribution >= 0.6 is 15.9 Å². The Morgan fingerprint density at radius 1 is 0.720 bits per heavy atom. The van der Waals surface area contributed by atoms with E-state index in [9.17, 15) is 0 Å². The highest BCUT2D eigenvalue weighted by Gasteiger charge is 1.99. The van der Waals surface area contributed by atoms with Crippen LogP contribution in [0.5, 0.6) is 5.75 Å². The van der Waals surface area contributed by atoms with E-state index in [4.69, 9.17) is 4.74 Å². The van der Waals surface area contributed by atoms with Gasteiger partial charge in [-0.3, -0.25) is 0 Å². The van der Waals surface area contributed by atoms with Gasteiger partial charge in [-0.1, -0.05) is 66.2 Å². The van der Waals surface area contributed by atoms with Gasteiger partial charge < -0.3 is 4.74 Å². The molecular formula is C23H21BrO. The second-order valence-corrected chi connectivity index (χ2v) is 6.93. The lowest BCUT2D eigenvalue weighted by atomic mass is 10.1. The predicted octanol–water partition coefficient (Wildman–Crippen LogP) is 7.07. The number of hydrogen-bond acceptors (Lipinski definition) is 1. The highest BCUT2D eigenvalue weighted by molar-refractivity contribution is 9.10. The Bertz CT molecular complexity index is 1020. The van der Waals surface area contributed by atoms with Gasteiger partial charge in [0.1, 0.15) is 5.75 Å². The quantitative estimate of drug-likeness (QED) is 0.336. The van der Waals surface area contributed by atoms with Crippen LogP contribution in [-0.2, 0) is 0 Å². The number of methoxy groups -OCH3 is 1. The van der Waals surface area contributed by atoms with Crippen molar-refractivity contribution in [2.75, 3.05) is 7.11 Å². The fourth-order valence-electron chi connectivity index (χ4n) is 2.81. The number of hydrogen-bond donors (Lipinski definition) is 0. The van der Waals surface area contributed by atoms with Gasteiger partial charge in [0, 0.05) is 4.47 Å². The van der Waals surface area contributed by atoms with Gasteiger partial charge in [-0.15, -0.1) is 0 Å². The van der Waals surface area contributed by atoms with Crippen molar-refractivity contribution in [3.05, 3.63) is 88.4 Å². The van der Waals surface area contributed by atoms with E-state index in [1.54, 1.807) is 7.11 Å². The molecule has 0 heterocycles. The number of fused-ring (bicyclic) bond motifs is 2. The molecule has 0 saturated heterocycles. The van der Waals surface area contributed by atoms with E-state index in [0.717, 1.165) is 5.75 Å². The molecule has 1 nitrogen and oxygen atoms in total. The van der Waals surface area contributed by atoms with Crippen molar-refractivity contribution >= 4 is 37.5 Å². The SMILES string of the molecule is COc1ccc2cc(C)ccc2c1.Cc1ccc2ccccc2c1Br. The smallest absolute Gasteiger partial charge is 0.119 e. The zero-order valence-corrected chi connectivity index (χ0v) is 16.3. The first-order valence-electron chi connectivity index (χ1n) is 8.27. The molecule has 4 aromatic rings.